The zero-order chi connectivity index (χ0) is 14.9. The zero-order valence-electron chi connectivity index (χ0n) is 13.0. The third kappa shape index (κ3) is 2.83. The first-order valence-electron chi connectivity index (χ1n) is 7.86. The fraction of sp³-hybridized carbons (Fsp3) is 0.588. The molecule has 21 heavy (non-hydrogen) atoms. The first kappa shape index (κ1) is 14.5. The second-order valence-corrected chi connectivity index (χ2v) is 6.60. The van der Waals surface area contributed by atoms with Crippen LogP contribution in [0.2, 0.25) is 0 Å². The second kappa shape index (κ2) is 5.78. The van der Waals surface area contributed by atoms with Gasteiger partial charge in [-0.2, -0.15) is 0 Å². The summed E-state index contributed by atoms with van der Waals surface area (Å²) in [5, 5.41) is 6.52. The molecule has 4 nitrogen and oxygen atoms in total. The van der Waals surface area contributed by atoms with Gasteiger partial charge in [0.25, 0.3) is 0 Å². The maximum atomic E-state index is 12.4. The Morgan fingerprint density at radius 2 is 2.05 bits per heavy atom. The van der Waals surface area contributed by atoms with E-state index in [2.05, 4.69) is 53.9 Å². The van der Waals surface area contributed by atoms with Crippen molar-refractivity contribution in [3.63, 3.8) is 0 Å². The van der Waals surface area contributed by atoms with Gasteiger partial charge >= 0.3 is 0 Å². The Kier molecular flexibility index (Phi) is 4.00. The van der Waals surface area contributed by atoms with E-state index in [1.54, 1.807) is 0 Å². The predicted molar refractivity (Wildman–Crippen MR) is 84.1 cm³/mol. The number of nitrogens with one attached hydrogen (secondary N) is 2. The van der Waals surface area contributed by atoms with Crippen LogP contribution < -0.4 is 10.6 Å². The second-order valence-electron chi connectivity index (χ2n) is 6.60. The molecule has 1 aliphatic carbocycles. The lowest BCUT2D eigenvalue weighted by Crippen LogP contribution is -2.59. The van der Waals surface area contributed by atoms with Gasteiger partial charge in [0.2, 0.25) is 5.91 Å². The van der Waals surface area contributed by atoms with Crippen LogP contribution in [0, 0.1) is 0 Å². The van der Waals surface area contributed by atoms with Crippen molar-refractivity contribution in [1.82, 2.24) is 15.5 Å². The topological polar surface area (TPSA) is 44.4 Å². The van der Waals surface area contributed by atoms with Crippen molar-refractivity contribution < 1.29 is 4.79 Å². The van der Waals surface area contributed by atoms with Crippen molar-refractivity contribution >= 4 is 5.91 Å². The maximum absolute atomic E-state index is 12.4. The van der Waals surface area contributed by atoms with Gasteiger partial charge in [0.15, 0.2) is 0 Å². The maximum Gasteiger partial charge on any atom is 0.237 e. The molecule has 0 aromatic heterocycles. The Bertz CT molecular complexity index is 523. The number of likely N-dealkylation sites (N-methyl/N-ethyl adjacent to an activating group) is 1. The summed E-state index contributed by atoms with van der Waals surface area (Å²) >= 11 is 0. The van der Waals surface area contributed by atoms with E-state index in [0.717, 1.165) is 19.5 Å². The molecule has 1 aliphatic heterocycles. The van der Waals surface area contributed by atoms with Gasteiger partial charge in [0, 0.05) is 18.6 Å². The van der Waals surface area contributed by atoms with Crippen molar-refractivity contribution in [2.24, 2.45) is 0 Å². The number of carbonyl (C=O) groups is 1. The Morgan fingerprint density at radius 1 is 1.33 bits per heavy atom. The summed E-state index contributed by atoms with van der Waals surface area (Å²) in [7, 11) is 4.22. The van der Waals surface area contributed by atoms with Crippen LogP contribution in [0.3, 0.4) is 0 Å². The molecule has 2 aliphatic rings. The van der Waals surface area contributed by atoms with Crippen LogP contribution in [0.1, 0.15) is 30.4 Å². The van der Waals surface area contributed by atoms with Crippen LogP contribution in [-0.4, -0.2) is 43.0 Å². The van der Waals surface area contributed by atoms with E-state index in [1.807, 2.05) is 0 Å². The molecule has 0 radical (unpaired) electrons. The van der Waals surface area contributed by atoms with Gasteiger partial charge in [0.1, 0.15) is 0 Å². The average molecular weight is 287 g/mol. The van der Waals surface area contributed by atoms with Gasteiger partial charge in [-0.15, -0.1) is 0 Å². The van der Waals surface area contributed by atoms with Crippen LogP contribution in [0.15, 0.2) is 24.3 Å². The highest BCUT2D eigenvalue weighted by molar-refractivity contribution is 5.82. The molecule has 2 N–H and O–H groups in total. The van der Waals surface area contributed by atoms with E-state index in [-0.39, 0.29) is 17.5 Å². The largest absolute Gasteiger partial charge is 0.353 e. The van der Waals surface area contributed by atoms with Crippen LogP contribution in [0.5, 0.6) is 0 Å². The number of benzene rings is 1. The standard InChI is InChI=1S/C17H25N3O/c1-20(2)17(8-5-9-17)12-19-16(21)15-10-13-6-3-4-7-14(13)11-18-15/h3-4,6-7,15,18H,5,8-12H2,1-2H3,(H,19,21)/t15-/m1/s1. The van der Waals surface area contributed by atoms with E-state index >= 15 is 0 Å². The number of fused-ring (bicyclic) bond motifs is 1. The SMILES string of the molecule is CN(C)C1(CNC(=O)[C@H]2Cc3ccccc3CN2)CCC1. The summed E-state index contributed by atoms with van der Waals surface area (Å²) < 4.78 is 0. The zero-order valence-corrected chi connectivity index (χ0v) is 13.0. The molecule has 0 unspecified atom stereocenters. The van der Waals surface area contributed by atoms with E-state index in [9.17, 15) is 4.79 Å². The van der Waals surface area contributed by atoms with Gasteiger partial charge in [-0.05, 0) is 50.9 Å². The molecule has 1 saturated carbocycles. The van der Waals surface area contributed by atoms with Crippen molar-refractivity contribution in [2.75, 3.05) is 20.6 Å². The molecule has 1 aromatic rings. The molecule has 1 heterocycles. The van der Waals surface area contributed by atoms with E-state index in [4.69, 9.17) is 0 Å². The fourth-order valence-corrected chi connectivity index (χ4v) is 3.38. The Labute approximate surface area is 126 Å². The van der Waals surface area contributed by atoms with Gasteiger partial charge in [-0.3, -0.25) is 4.79 Å². The third-order valence-electron chi connectivity index (χ3n) is 5.22. The minimum absolute atomic E-state index is 0.0980. The smallest absolute Gasteiger partial charge is 0.237 e. The lowest BCUT2D eigenvalue weighted by molar-refractivity contribution is -0.124. The highest BCUT2D eigenvalue weighted by Gasteiger charge is 2.39. The van der Waals surface area contributed by atoms with Crippen molar-refractivity contribution in [2.45, 2.75) is 43.8 Å². The molecule has 0 bridgehead atoms. The van der Waals surface area contributed by atoms with Crippen LogP contribution in [-0.2, 0) is 17.8 Å². The van der Waals surface area contributed by atoms with Crippen LogP contribution in [0.25, 0.3) is 0 Å². The Balaban J connectivity index is 1.57. The molecule has 3 rings (SSSR count). The van der Waals surface area contributed by atoms with Crippen molar-refractivity contribution in [3.8, 4) is 0 Å². The van der Waals surface area contributed by atoms with Gasteiger partial charge < -0.3 is 15.5 Å². The number of hydrogen-bond donors (Lipinski definition) is 2. The summed E-state index contributed by atoms with van der Waals surface area (Å²) in [6.45, 7) is 1.55. The highest BCUT2D eigenvalue weighted by Crippen LogP contribution is 2.35. The number of carbonyl (C=O) groups excluding carboxylic acids is 1. The minimum atomic E-state index is -0.0980. The van der Waals surface area contributed by atoms with E-state index in [0.29, 0.717) is 0 Å². The minimum Gasteiger partial charge on any atom is -0.353 e. The number of rotatable bonds is 4. The Hall–Kier alpha value is -1.39. The lowest BCUT2D eigenvalue weighted by atomic mass is 9.75. The molecule has 1 atom stereocenters. The first-order valence-corrected chi connectivity index (χ1v) is 7.86. The van der Waals surface area contributed by atoms with Gasteiger partial charge in [-0.25, -0.2) is 0 Å². The normalized spacial score (nSPS) is 23.3. The molecule has 1 aromatic carbocycles. The molecule has 1 amide bonds. The molecule has 0 saturated heterocycles. The first-order chi connectivity index (χ1) is 10.1. The molecule has 4 heteroatoms. The van der Waals surface area contributed by atoms with Crippen LogP contribution >= 0.6 is 0 Å². The molecular weight excluding hydrogens is 262 g/mol. The Morgan fingerprint density at radius 3 is 2.67 bits per heavy atom. The molecule has 114 valence electrons. The third-order valence-corrected chi connectivity index (χ3v) is 5.22. The van der Waals surface area contributed by atoms with Gasteiger partial charge in [-0.1, -0.05) is 24.3 Å². The monoisotopic (exact) mass is 287 g/mol. The molecule has 1 fully saturated rings. The van der Waals surface area contributed by atoms with E-state index in [1.165, 1.54) is 30.4 Å². The van der Waals surface area contributed by atoms with Crippen LogP contribution in [0.4, 0.5) is 0 Å². The van der Waals surface area contributed by atoms with Crippen molar-refractivity contribution in [3.05, 3.63) is 35.4 Å². The number of nitrogens with zero attached hydrogens (tertiary/aromatic N) is 1. The summed E-state index contributed by atoms with van der Waals surface area (Å²) in [5.74, 6) is 0.137. The van der Waals surface area contributed by atoms with Crippen molar-refractivity contribution in [1.29, 1.82) is 0 Å². The fourth-order valence-electron chi connectivity index (χ4n) is 3.38. The summed E-state index contributed by atoms with van der Waals surface area (Å²) in [4.78, 5) is 14.7. The summed E-state index contributed by atoms with van der Waals surface area (Å²) in [5.41, 5.74) is 2.79. The quantitative estimate of drug-likeness (QED) is 0.877. The number of hydrogen-bond acceptors (Lipinski definition) is 3. The summed E-state index contributed by atoms with van der Waals surface area (Å²) in [6.07, 6.45) is 4.42. The molecular formula is C17H25N3O. The lowest BCUT2D eigenvalue weighted by Gasteiger charge is -2.47. The summed E-state index contributed by atoms with van der Waals surface area (Å²) in [6, 6.07) is 8.27. The highest BCUT2D eigenvalue weighted by atomic mass is 16.2. The molecule has 0 spiro atoms. The van der Waals surface area contributed by atoms with E-state index < -0.39 is 0 Å². The average Bonchev–Trinajstić information content (AvgIpc) is 2.45. The van der Waals surface area contributed by atoms with Gasteiger partial charge in [0.05, 0.1) is 6.04 Å². The number of amides is 1. The predicted octanol–water partition coefficient (Wildman–Crippen LogP) is 1.30.